The minimum Gasteiger partial charge on any atom is -0.351 e. The summed E-state index contributed by atoms with van der Waals surface area (Å²) in [5.74, 6) is 0.490. The highest BCUT2D eigenvalue weighted by atomic mass is 19.4. The summed E-state index contributed by atoms with van der Waals surface area (Å²) in [5.41, 5.74) is -0.623. The van der Waals surface area contributed by atoms with Gasteiger partial charge in [-0.25, -0.2) is 4.98 Å². The second kappa shape index (κ2) is 9.15. The van der Waals surface area contributed by atoms with Gasteiger partial charge in [-0.2, -0.15) is 18.2 Å². The molecule has 0 atom stereocenters. The van der Waals surface area contributed by atoms with Gasteiger partial charge in [0.25, 0.3) is 5.56 Å². The summed E-state index contributed by atoms with van der Waals surface area (Å²) in [6.45, 7) is 3.03. The fourth-order valence-electron chi connectivity index (χ4n) is 4.07. The van der Waals surface area contributed by atoms with E-state index in [0.717, 1.165) is 44.4 Å². The van der Waals surface area contributed by atoms with Crippen molar-refractivity contribution in [1.29, 1.82) is 0 Å². The number of aromatic amines is 1. The van der Waals surface area contributed by atoms with E-state index in [9.17, 15) is 18.0 Å². The number of pyridine rings is 1. The maximum atomic E-state index is 13.1. The first kappa shape index (κ1) is 22.1. The van der Waals surface area contributed by atoms with E-state index in [1.807, 2.05) is 0 Å². The number of hydrogen-bond acceptors (Lipinski definition) is 6. The molecule has 3 aromatic rings. The zero-order valence-electron chi connectivity index (χ0n) is 17.6. The van der Waals surface area contributed by atoms with Crippen LogP contribution in [0, 0.1) is 0 Å². The second-order valence-electron chi connectivity index (χ2n) is 7.92. The Morgan fingerprint density at radius 2 is 1.84 bits per heavy atom. The van der Waals surface area contributed by atoms with E-state index < -0.39 is 17.3 Å². The Balaban J connectivity index is 1.63. The summed E-state index contributed by atoms with van der Waals surface area (Å²) < 4.78 is 39.3. The minimum atomic E-state index is -4.47. The monoisotopic (exact) mass is 446 g/mol. The molecule has 1 fully saturated rings. The number of alkyl halides is 3. The summed E-state index contributed by atoms with van der Waals surface area (Å²) in [5, 5.41) is 9.87. The zero-order chi connectivity index (χ0) is 22.7. The van der Waals surface area contributed by atoms with Crippen molar-refractivity contribution in [2.75, 3.05) is 17.2 Å². The Kier molecular flexibility index (Phi) is 6.31. The third kappa shape index (κ3) is 5.01. The average molecular weight is 446 g/mol. The normalized spacial score (nSPS) is 19.1. The first-order valence-corrected chi connectivity index (χ1v) is 10.7. The van der Waals surface area contributed by atoms with Crippen molar-refractivity contribution in [1.82, 2.24) is 20.3 Å². The fourth-order valence-corrected chi connectivity index (χ4v) is 4.07. The first-order chi connectivity index (χ1) is 15.3. The lowest BCUT2D eigenvalue weighted by molar-refractivity contribution is -0.137. The van der Waals surface area contributed by atoms with Crippen molar-refractivity contribution in [2.24, 2.45) is 0 Å². The lowest BCUT2D eigenvalue weighted by atomic mass is 9.91. The standard InChI is InChI=1S/C22H25F3N6O/c1-2-26-14-6-8-15(9-7-14)29-21-30-17-10-11-27-20(32)18(17)19(31-21)28-16-5-3-4-13(12-16)22(23,24)25/h3-5,10-12,14-15,26H,2,6-9H2,1H3,(H,27,32)(H2,28,29,30,31). The molecule has 1 aliphatic rings. The number of halogens is 3. The van der Waals surface area contributed by atoms with Gasteiger partial charge in [0.2, 0.25) is 5.95 Å². The van der Waals surface area contributed by atoms with Crippen molar-refractivity contribution >= 4 is 28.4 Å². The number of nitrogens with zero attached hydrogens (tertiary/aromatic N) is 2. The minimum absolute atomic E-state index is 0.153. The summed E-state index contributed by atoms with van der Waals surface area (Å²) in [7, 11) is 0. The molecule has 2 heterocycles. The van der Waals surface area contributed by atoms with Gasteiger partial charge < -0.3 is 20.9 Å². The van der Waals surface area contributed by atoms with Crippen molar-refractivity contribution in [3.63, 3.8) is 0 Å². The number of nitrogens with one attached hydrogen (secondary N) is 4. The third-order valence-corrected chi connectivity index (χ3v) is 5.63. The van der Waals surface area contributed by atoms with Crippen LogP contribution in [-0.4, -0.2) is 33.6 Å². The SMILES string of the molecule is CCNC1CCC(Nc2nc(Nc3cccc(C(F)(F)F)c3)c3c(=O)[nH]ccc3n2)CC1. The van der Waals surface area contributed by atoms with E-state index in [0.29, 0.717) is 17.5 Å². The molecule has 4 rings (SSSR count). The van der Waals surface area contributed by atoms with Gasteiger partial charge in [-0.05, 0) is 56.5 Å². The van der Waals surface area contributed by atoms with Gasteiger partial charge >= 0.3 is 6.18 Å². The second-order valence-corrected chi connectivity index (χ2v) is 7.92. The van der Waals surface area contributed by atoms with Gasteiger partial charge in [-0.15, -0.1) is 0 Å². The van der Waals surface area contributed by atoms with Gasteiger partial charge in [0.1, 0.15) is 11.2 Å². The predicted molar refractivity (Wildman–Crippen MR) is 118 cm³/mol. The molecular weight excluding hydrogens is 421 g/mol. The van der Waals surface area contributed by atoms with Crippen LogP contribution < -0.4 is 21.5 Å². The first-order valence-electron chi connectivity index (χ1n) is 10.7. The molecule has 10 heteroatoms. The van der Waals surface area contributed by atoms with Crippen LogP contribution in [0.5, 0.6) is 0 Å². The molecule has 1 aliphatic carbocycles. The Morgan fingerprint density at radius 1 is 1.09 bits per heavy atom. The van der Waals surface area contributed by atoms with Crippen LogP contribution in [0.25, 0.3) is 10.9 Å². The van der Waals surface area contributed by atoms with Crippen LogP contribution >= 0.6 is 0 Å². The van der Waals surface area contributed by atoms with Gasteiger partial charge in [0.15, 0.2) is 0 Å². The number of anilines is 3. The molecule has 0 radical (unpaired) electrons. The van der Waals surface area contributed by atoms with Gasteiger partial charge in [0.05, 0.1) is 11.1 Å². The largest absolute Gasteiger partial charge is 0.416 e. The fraction of sp³-hybridized carbons (Fsp3) is 0.409. The van der Waals surface area contributed by atoms with Gasteiger partial charge in [-0.1, -0.05) is 13.0 Å². The van der Waals surface area contributed by atoms with Crippen LogP contribution in [0.4, 0.5) is 30.6 Å². The van der Waals surface area contributed by atoms with E-state index in [1.54, 1.807) is 6.07 Å². The molecule has 7 nitrogen and oxygen atoms in total. The molecule has 4 N–H and O–H groups in total. The van der Waals surface area contributed by atoms with E-state index in [-0.39, 0.29) is 22.9 Å². The Hall–Kier alpha value is -3.14. The van der Waals surface area contributed by atoms with E-state index >= 15 is 0 Å². The lowest BCUT2D eigenvalue weighted by Crippen LogP contribution is -2.37. The molecule has 0 amide bonds. The highest BCUT2D eigenvalue weighted by molar-refractivity contribution is 5.90. The number of hydrogen-bond donors (Lipinski definition) is 4. The molecule has 1 saturated carbocycles. The van der Waals surface area contributed by atoms with Gasteiger partial charge in [-0.3, -0.25) is 4.79 Å². The molecule has 32 heavy (non-hydrogen) atoms. The highest BCUT2D eigenvalue weighted by Gasteiger charge is 2.30. The topological polar surface area (TPSA) is 94.7 Å². The quantitative estimate of drug-likeness (QED) is 0.448. The molecule has 0 bridgehead atoms. The smallest absolute Gasteiger partial charge is 0.351 e. The molecule has 0 aliphatic heterocycles. The van der Waals surface area contributed by atoms with Gasteiger partial charge in [0, 0.05) is 24.0 Å². The van der Waals surface area contributed by atoms with E-state index in [4.69, 9.17) is 0 Å². The van der Waals surface area contributed by atoms with Crippen LogP contribution in [0.2, 0.25) is 0 Å². The van der Waals surface area contributed by atoms with Crippen LogP contribution in [0.15, 0.2) is 41.3 Å². The van der Waals surface area contributed by atoms with E-state index in [1.165, 1.54) is 18.3 Å². The number of aromatic nitrogens is 3. The number of fused-ring (bicyclic) bond motifs is 1. The maximum Gasteiger partial charge on any atom is 0.416 e. The van der Waals surface area contributed by atoms with Crippen molar-refractivity contribution in [3.8, 4) is 0 Å². The Morgan fingerprint density at radius 3 is 2.56 bits per heavy atom. The molecule has 0 spiro atoms. The molecule has 1 aromatic carbocycles. The molecule has 170 valence electrons. The van der Waals surface area contributed by atoms with Crippen LogP contribution in [0.1, 0.15) is 38.2 Å². The summed E-state index contributed by atoms with van der Waals surface area (Å²) in [6.07, 6.45) is 0.982. The van der Waals surface area contributed by atoms with Crippen LogP contribution in [-0.2, 0) is 6.18 Å². The molecule has 0 saturated heterocycles. The maximum absolute atomic E-state index is 13.1. The molecular formula is C22H25F3N6O. The summed E-state index contributed by atoms with van der Waals surface area (Å²) in [6, 6.07) is 7.12. The zero-order valence-corrected chi connectivity index (χ0v) is 17.6. The lowest BCUT2D eigenvalue weighted by Gasteiger charge is -2.29. The summed E-state index contributed by atoms with van der Waals surface area (Å²) in [4.78, 5) is 23.9. The molecule has 2 aromatic heterocycles. The number of H-pyrrole nitrogens is 1. The average Bonchev–Trinajstić information content (AvgIpc) is 2.75. The summed E-state index contributed by atoms with van der Waals surface area (Å²) >= 11 is 0. The highest BCUT2D eigenvalue weighted by Crippen LogP contribution is 2.32. The molecule has 0 unspecified atom stereocenters. The predicted octanol–water partition coefficient (Wildman–Crippen LogP) is 4.41. The number of benzene rings is 1. The van der Waals surface area contributed by atoms with Crippen molar-refractivity contribution < 1.29 is 13.2 Å². The third-order valence-electron chi connectivity index (χ3n) is 5.63. The van der Waals surface area contributed by atoms with Crippen molar-refractivity contribution in [3.05, 3.63) is 52.4 Å². The Bertz CT molecular complexity index is 1140. The van der Waals surface area contributed by atoms with Crippen molar-refractivity contribution in [2.45, 2.75) is 50.9 Å². The Labute approximate surface area is 182 Å². The van der Waals surface area contributed by atoms with Crippen LogP contribution in [0.3, 0.4) is 0 Å². The van der Waals surface area contributed by atoms with E-state index in [2.05, 4.69) is 37.8 Å². The number of rotatable bonds is 6.